The zero-order chi connectivity index (χ0) is 20.2. The number of benzene rings is 1. The van der Waals surface area contributed by atoms with Gasteiger partial charge in [-0.3, -0.25) is 4.18 Å². The van der Waals surface area contributed by atoms with Gasteiger partial charge in [0.2, 0.25) is 0 Å². The summed E-state index contributed by atoms with van der Waals surface area (Å²) in [5.74, 6) is -0.711. The molecule has 6 nitrogen and oxygen atoms in total. The van der Waals surface area contributed by atoms with Gasteiger partial charge in [0.25, 0.3) is 10.1 Å². The highest BCUT2D eigenvalue weighted by molar-refractivity contribution is 7.86. The van der Waals surface area contributed by atoms with E-state index in [4.69, 9.17) is 8.92 Å². The van der Waals surface area contributed by atoms with Crippen LogP contribution in [0.2, 0.25) is 0 Å². The number of carbonyl (C=O) groups is 1. The smallest absolute Gasteiger partial charge is 0.410 e. The first-order valence-electron chi connectivity index (χ1n) is 9.11. The van der Waals surface area contributed by atoms with E-state index >= 15 is 0 Å². The Hall–Kier alpha value is -1.67. The van der Waals surface area contributed by atoms with E-state index in [1.807, 2.05) is 0 Å². The third-order valence-corrected chi connectivity index (χ3v) is 5.70. The number of ether oxygens (including phenoxy) is 1. The quantitative estimate of drug-likeness (QED) is 0.706. The van der Waals surface area contributed by atoms with Crippen LogP contribution in [0.5, 0.6) is 0 Å². The summed E-state index contributed by atoms with van der Waals surface area (Å²) in [4.78, 5) is 14.0. The highest BCUT2D eigenvalue weighted by Crippen LogP contribution is 2.34. The summed E-state index contributed by atoms with van der Waals surface area (Å²) in [6, 6.07) is 6.17. The van der Waals surface area contributed by atoms with Crippen molar-refractivity contribution in [1.82, 2.24) is 4.90 Å². The molecule has 27 heavy (non-hydrogen) atoms. The van der Waals surface area contributed by atoms with Gasteiger partial charge in [-0.25, -0.2) is 9.18 Å². The molecule has 1 aliphatic rings. The lowest BCUT2D eigenvalue weighted by Crippen LogP contribution is -2.46. The monoisotopic (exact) mass is 401 g/mol. The SMILES string of the molecule is CCS(=O)(=O)OC[C@@H]1CN(C(=O)OC(C)(C)C)CC[C@@H]1c1ccc(F)cc1. The van der Waals surface area contributed by atoms with Gasteiger partial charge in [-0.15, -0.1) is 0 Å². The number of nitrogens with zero attached hydrogens (tertiary/aromatic N) is 1. The molecule has 1 aromatic carbocycles. The number of likely N-dealkylation sites (tertiary alicyclic amines) is 1. The minimum absolute atomic E-state index is 0.0302. The Balaban J connectivity index is 2.17. The highest BCUT2D eigenvalue weighted by Gasteiger charge is 2.35. The number of halogens is 1. The number of rotatable bonds is 5. The van der Waals surface area contributed by atoms with Gasteiger partial charge < -0.3 is 9.64 Å². The van der Waals surface area contributed by atoms with E-state index in [0.29, 0.717) is 19.5 Å². The molecule has 8 heteroatoms. The van der Waals surface area contributed by atoms with Crippen LogP contribution in [0.1, 0.15) is 45.6 Å². The van der Waals surface area contributed by atoms with Crippen molar-refractivity contribution in [3.63, 3.8) is 0 Å². The van der Waals surface area contributed by atoms with E-state index < -0.39 is 21.8 Å². The van der Waals surface area contributed by atoms with E-state index in [1.54, 1.807) is 37.8 Å². The Labute approximate surface area is 160 Å². The summed E-state index contributed by atoms with van der Waals surface area (Å²) in [5.41, 5.74) is 0.297. The maximum absolute atomic E-state index is 13.3. The van der Waals surface area contributed by atoms with Crippen molar-refractivity contribution in [3.05, 3.63) is 35.6 Å². The summed E-state index contributed by atoms with van der Waals surface area (Å²) in [6.45, 7) is 7.67. The summed E-state index contributed by atoms with van der Waals surface area (Å²) >= 11 is 0. The first kappa shape index (κ1) is 21.6. The van der Waals surface area contributed by atoms with Crippen molar-refractivity contribution in [2.75, 3.05) is 25.4 Å². The van der Waals surface area contributed by atoms with Gasteiger partial charge in [-0.05, 0) is 57.7 Å². The zero-order valence-corrected chi connectivity index (χ0v) is 17.1. The largest absolute Gasteiger partial charge is 0.444 e. The summed E-state index contributed by atoms with van der Waals surface area (Å²) < 4.78 is 47.3. The maximum atomic E-state index is 13.3. The normalized spacial score (nSPS) is 21.1. The van der Waals surface area contributed by atoms with Crippen LogP contribution < -0.4 is 0 Å². The predicted molar refractivity (Wildman–Crippen MR) is 100 cm³/mol. The predicted octanol–water partition coefficient (Wildman–Crippen LogP) is 3.53. The highest BCUT2D eigenvalue weighted by atomic mass is 32.2. The number of amides is 1. The molecule has 2 atom stereocenters. The zero-order valence-electron chi connectivity index (χ0n) is 16.3. The topological polar surface area (TPSA) is 72.9 Å². The molecule has 0 saturated carbocycles. The second-order valence-corrected chi connectivity index (χ2v) is 9.69. The molecule has 1 amide bonds. The lowest BCUT2D eigenvalue weighted by Gasteiger charge is -2.39. The number of piperidine rings is 1. The van der Waals surface area contributed by atoms with E-state index in [-0.39, 0.29) is 30.0 Å². The third-order valence-electron chi connectivity index (χ3n) is 4.50. The fraction of sp³-hybridized carbons (Fsp3) is 0.632. The molecule has 1 aliphatic heterocycles. The average molecular weight is 402 g/mol. The Morgan fingerprint density at radius 1 is 1.26 bits per heavy atom. The molecular formula is C19H28FNO5S. The average Bonchev–Trinajstić information content (AvgIpc) is 2.59. The number of hydrogen-bond donors (Lipinski definition) is 0. The molecule has 2 rings (SSSR count). The van der Waals surface area contributed by atoms with Crippen molar-refractivity contribution < 1.29 is 26.5 Å². The van der Waals surface area contributed by atoms with Crippen LogP contribution in [0.4, 0.5) is 9.18 Å². The third kappa shape index (κ3) is 6.46. The lowest BCUT2D eigenvalue weighted by molar-refractivity contribution is 0.0114. The lowest BCUT2D eigenvalue weighted by atomic mass is 9.81. The molecule has 0 aliphatic carbocycles. The van der Waals surface area contributed by atoms with Crippen LogP contribution in [0.25, 0.3) is 0 Å². The molecule has 1 fully saturated rings. The van der Waals surface area contributed by atoms with Crippen molar-refractivity contribution in [2.45, 2.75) is 45.6 Å². The van der Waals surface area contributed by atoms with Gasteiger partial charge in [-0.1, -0.05) is 12.1 Å². The number of hydrogen-bond acceptors (Lipinski definition) is 5. The van der Waals surface area contributed by atoms with Crippen LogP contribution in [-0.4, -0.2) is 50.5 Å². The maximum Gasteiger partial charge on any atom is 0.410 e. The Bertz CT molecular complexity index is 742. The summed E-state index contributed by atoms with van der Waals surface area (Å²) in [7, 11) is -3.59. The second-order valence-electron chi connectivity index (χ2n) is 7.76. The van der Waals surface area contributed by atoms with E-state index in [1.165, 1.54) is 19.1 Å². The van der Waals surface area contributed by atoms with Crippen LogP contribution >= 0.6 is 0 Å². The molecule has 1 saturated heterocycles. The first-order chi connectivity index (χ1) is 12.5. The van der Waals surface area contributed by atoms with Crippen LogP contribution in [0.3, 0.4) is 0 Å². The molecular weight excluding hydrogens is 373 g/mol. The standard InChI is InChI=1S/C19H28FNO5S/c1-5-27(23,24)25-13-15-12-21(18(22)26-19(2,3)4)11-10-17(15)14-6-8-16(20)9-7-14/h6-9,15,17H,5,10-13H2,1-4H3/t15-,17+/m0/s1. The molecule has 0 N–H and O–H groups in total. The van der Waals surface area contributed by atoms with Gasteiger partial charge in [-0.2, -0.15) is 8.42 Å². The fourth-order valence-corrected chi connectivity index (χ4v) is 3.67. The van der Waals surface area contributed by atoms with E-state index in [0.717, 1.165) is 5.56 Å². The van der Waals surface area contributed by atoms with E-state index in [2.05, 4.69) is 0 Å². The Morgan fingerprint density at radius 2 is 1.89 bits per heavy atom. The Kier molecular flexibility index (Phi) is 6.86. The van der Waals surface area contributed by atoms with Crippen molar-refractivity contribution in [1.29, 1.82) is 0 Å². The van der Waals surface area contributed by atoms with Crippen LogP contribution in [0, 0.1) is 11.7 Å². The molecule has 1 aromatic rings. The summed E-state index contributed by atoms with van der Waals surface area (Å²) in [5, 5.41) is 0. The van der Waals surface area contributed by atoms with Gasteiger partial charge >= 0.3 is 6.09 Å². The molecule has 0 spiro atoms. The Morgan fingerprint density at radius 3 is 2.44 bits per heavy atom. The molecule has 152 valence electrons. The number of carbonyl (C=O) groups excluding carboxylic acids is 1. The van der Waals surface area contributed by atoms with Crippen LogP contribution in [-0.2, 0) is 19.0 Å². The fourth-order valence-electron chi connectivity index (χ4n) is 3.12. The van der Waals surface area contributed by atoms with Gasteiger partial charge in [0.1, 0.15) is 11.4 Å². The minimum atomic E-state index is -3.59. The molecule has 0 bridgehead atoms. The van der Waals surface area contributed by atoms with E-state index in [9.17, 15) is 17.6 Å². The van der Waals surface area contributed by atoms with Crippen molar-refractivity contribution in [3.8, 4) is 0 Å². The molecule has 0 aromatic heterocycles. The molecule has 0 radical (unpaired) electrons. The minimum Gasteiger partial charge on any atom is -0.444 e. The van der Waals surface area contributed by atoms with Gasteiger partial charge in [0, 0.05) is 19.0 Å². The first-order valence-corrected chi connectivity index (χ1v) is 10.7. The second kappa shape index (κ2) is 8.56. The molecule has 0 unspecified atom stereocenters. The van der Waals surface area contributed by atoms with Crippen LogP contribution in [0.15, 0.2) is 24.3 Å². The molecule has 1 heterocycles. The van der Waals surface area contributed by atoms with Gasteiger partial charge in [0.15, 0.2) is 0 Å². The van der Waals surface area contributed by atoms with Crippen molar-refractivity contribution in [2.24, 2.45) is 5.92 Å². The van der Waals surface area contributed by atoms with Gasteiger partial charge in [0.05, 0.1) is 12.4 Å². The van der Waals surface area contributed by atoms with Crippen molar-refractivity contribution >= 4 is 16.2 Å². The summed E-state index contributed by atoms with van der Waals surface area (Å²) in [6.07, 6.45) is 0.189.